The van der Waals surface area contributed by atoms with Crippen LogP contribution in [0.1, 0.15) is 6.42 Å². The Kier molecular flexibility index (Phi) is 2.45. The zero-order chi connectivity index (χ0) is 10.0. The van der Waals surface area contributed by atoms with Gasteiger partial charge in [0.05, 0.1) is 0 Å². The molecule has 1 heterocycles. The van der Waals surface area contributed by atoms with Crippen LogP contribution in [0.5, 0.6) is 0 Å². The summed E-state index contributed by atoms with van der Waals surface area (Å²) in [6.45, 7) is 0. The van der Waals surface area contributed by atoms with Gasteiger partial charge in [-0.1, -0.05) is 0 Å². The first kappa shape index (κ1) is 9.43. The van der Waals surface area contributed by atoms with E-state index in [4.69, 9.17) is 5.11 Å². The maximum absolute atomic E-state index is 12.5. The molecule has 2 N–H and O–H groups in total. The molecule has 0 aromatic heterocycles. The number of halogens is 1. The van der Waals surface area contributed by atoms with Crippen LogP contribution in [-0.4, -0.2) is 35.4 Å². The molecule has 1 amide bonds. The molecule has 1 saturated heterocycles. The molecule has 1 rings (SSSR count). The number of cyclic esters (lactones) is 2. The standard InChI is InChI=1S/C6H6FNO5/c7-2(4(9)10)1-3-5(11)13-6(12)8-3/h2-3H,1H2,(H,8,12)(H,9,10)/t2-,3+/m0/s1. The minimum Gasteiger partial charge on any atom is -0.479 e. The number of alkyl carbamates (subject to hydrolysis) is 1. The number of amides is 1. The van der Waals surface area contributed by atoms with Crippen LogP contribution in [-0.2, 0) is 14.3 Å². The molecular weight excluding hydrogens is 185 g/mol. The average Bonchev–Trinajstić information content (AvgIpc) is 2.30. The topological polar surface area (TPSA) is 92.7 Å². The normalized spacial score (nSPS) is 23.6. The summed E-state index contributed by atoms with van der Waals surface area (Å²) in [5.74, 6) is -2.62. The summed E-state index contributed by atoms with van der Waals surface area (Å²) in [5.41, 5.74) is 0. The molecule has 6 nitrogen and oxygen atoms in total. The van der Waals surface area contributed by atoms with E-state index >= 15 is 0 Å². The van der Waals surface area contributed by atoms with Crippen molar-refractivity contribution in [1.29, 1.82) is 0 Å². The number of carbonyl (C=O) groups excluding carboxylic acids is 2. The van der Waals surface area contributed by atoms with E-state index in [-0.39, 0.29) is 0 Å². The van der Waals surface area contributed by atoms with Gasteiger partial charge in [0.2, 0.25) is 0 Å². The molecule has 0 unspecified atom stereocenters. The summed E-state index contributed by atoms with van der Waals surface area (Å²) in [6, 6.07) is -1.20. The van der Waals surface area contributed by atoms with Gasteiger partial charge in [0, 0.05) is 6.42 Å². The number of ether oxygens (including phenoxy) is 1. The second kappa shape index (κ2) is 3.38. The highest BCUT2D eigenvalue weighted by molar-refractivity contribution is 5.95. The van der Waals surface area contributed by atoms with Gasteiger partial charge in [-0.2, -0.15) is 0 Å². The molecule has 7 heteroatoms. The van der Waals surface area contributed by atoms with Crippen molar-refractivity contribution >= 4 is 18.0 Å². The number of alkyl halides is 1. The van der Waals surface area contributed by atoms with Crippen LogP contribution in [0, 0.1) is 0 Å². The smallest absolute Gasteiger partial charge is 0.415 e. The monoisotopic (exact) mass is 191 g/mol. The molecule has 0 radical (unpaired) electrons. The molecule has 1 aliphatic rings. The van der Waals surface area contributed by atoms with Gasteiger partial charge in [-0.15, -0.1) is 0 Å². The average molecular weight is 191 g/mol. The van der Waals surface area contributed by atoms with Gasteiger partial charge in [0.1, 0.15) is 6.04 Å². The molecule has 0 aliphatic carbocycles. The first-order valence-corrected chi connectivity index (χ1v) is 3.39. The molecule has 0 aromatic carbocycles. The Hall–Kier alpha value is -1.66. The van der Waals surface area contributed by atoms with Gasteiger partial charge in [-0.05, 0) is 0 Å². The Morgan fingerprint density at radius 3 is 2.69 bits per heavy atom. The van der Waals surface area contributed by atoms with Gasteiger partial charge >= 0.3 is 18.0 Å². The summed E-state index contributed by atoms with van der Waals surface area (Å²) in [6.07, 6.45) is -3.77. The fourth-order valence-electron chi connectivity index (χ4n) is 0.856. The van der Waals surface area contributed by atoms with Crippen molar-refractivity contribution in [2.24, 2.45) is 0 Å². The number of aliphatic carboxylic acids is 1. The summed E-state index contributed by atoms with van der Waals surface area (Å²) in [7, 11) is 0. The van der Waals surface area contributed by atoms with Gasteiger partial charge in [0.15, 0.2) is 6.17 Å². The van der Waals surface area contributed by atoms with Crippen LogP contribution in [0.2, 0.25) is 0 Å². The number of carboxylic acids is 1. The second-order valence-electron chi connectivity index (χ2n) is 2.45. The lowest BCUT2D eigenvalue weighted by molar-refractivity contribution is -0.143. The summed E-state index contributed by atoms with van der Waals surface area (Å²) in [4.78, 5) is 31.1. The van der Waals surface area contributed by atoms with Crippen LogP contribution in [0.15, 0.2) is 0 Å². The molecule has 0 spiro atoms. The van der Waals surface area contributed by atoms with Crippen molar-refractivity contribution in [2.75, 3.05) is 0 Å². The lowest BCUT2D eigenvalue weighted by Crippen LogP contribution is -2.33. The van der Waals surface area contributed by atoms with Crippen molar-refractivity contribution in [3.8, 4) is 0 Å². The number of carbonyl (C=O) groups is 3. The van der Waals surface area contributed by atoms with E-state index in [0.717, 1.165) is 0 Å². The predicted molar refractivity (Wildman–Crippen MR) is 35.6 cm³/mol. The van der Waals surface area contributed by atoms with E-state index in [2.05, 4.69) is 4.74 Å². The van der Waals surface area contributed by atoms with Crippen molar-refractivity contribution < 1.29 is 28.6 Å². The largest absolute Gasteiger partial charge is 0.479 e. The fraction of sp³-hybridized carbons (Fsp3) is 0.500. The van der Waals surface area contributed by atoms with Gasteiger partial charge < -0.3 is 15.2 Å². The SMILES string of the molecule is O=C1N[C@H](C[C@H](F)C(=O)O)C(=O)O1. The Balaban J connectivity index is 2.50. The number of hydrogen-bond acceptors (Lipinski definition) is 4. The number of carboxylic acid groups (broad SMARTS) is 1. The molecular formula is C6H6FNO5. The van der Waals surface area contributed by atoms with Gasteiger partial charge in [-0.3, -0.25) is 0 Å². The van der Waals surface area contributed by atoms with Crippen molar-refractivity contribution in [2.45, 2.75) is 18.6 Å². The summed E-state index contributed by atoms with van der Waals surface area (Å²) < 4.78 is 16.5. The molecule has 0 aromatic rings. The van der Waals surface area contributed by atoms with Gasteiger partial charge in [-0.25, -0.2) is 18.8 Å². The third-order valence-corrected chi connectivity index (χ3v) is 1.48. The lowest BCUT2D eigenvalue weighted by atomic mass is 10.1. The highest BCUT2D eigenvalue weighted by atomic mass is 19.1. The minimum atomic E-state index is -2.18. The second-order valence-corrected chi connectivity index (χ2v) is 2.45. The highest BCUT2D eigenvalue weighted by Crippen LogP contribution is 2.09. The zero-order valence-corrected chi connectivity index (χ0v) is 6.32. The maximum atomic E-state index is 12.5. The molecule has 0 saturated carbocycles. The van der Waals surface area contributed by atoms with Crippen LogP contribution in [0.25, 0.3) is 0 Å². The van der Waals surface area contributed by atoms with Crippen LogP contribution < -0.4 is 5.32 Å². The van der Waals surface area contributed by atoms with E-state index in [1.54, 1.807) is 0 Å². The van der Waals surface area contributed by atoms with Crippen molar-refractivity contribution in [1.82, 2.24) is 5.32 Å². The van der Waals surface area contributed by atoms with E-state index in [9.17, 15) is 18.8 Å². The Bertz CT molecular complexity index is 266. The number of rotatable bonds is 3. The highest BCUT2D eigenvalue weighted by Gasteiger charge is 2.36. The number of nitrogens with one attached hydrogen (secondary N) is 1. The molecule has 72 valence electrons. The number of hydrogen-bond donors (Lipinski definition) is 2. The van der Waals surface area contributed by atoms with Crippen LogP contribution in [0.3, 0.4) is 0 Å². The van der Waals surface area contributed by atoms with E-state index in [0.29, 0.717) is 0 Å². The number of esters is 1. The third kappa shape index (κ3) is 2.14. The molecule has 1 aliphatic heterocycles. The third-order valence-electron chi connectivity index (χ3n) is 1.48. The molecule has 13 heavy (non-hydrogen) atoms. The fourth-order valence-corrected chi connectivity index (χ4v) is 0.856. The Morgan fingerprint density at radius 2 is 2.31 bits per heavy atom. The molecule has 0 bridgehead atoms. The lowest BCUT2D eigenvalue weighted by Gasteiger charge is -2.05. The first-order valence-electron chi connectivity index (χ1n) is 3.39. The first-order chi connectivity index (χ1) is 6.00. The van der Waals surface area contributed by atoms with Crippen molar-refractivity contribution in [3.05, 3.63) is 0 Å². The Morgan fingerprint density at radius 1 is 1.69 bits per heavy atom. The van der Waals surface area contributed by atoms with Gasteiger partial charge in [0.25, 0.3) is 0 Å². The molecule has 1 fully saturated rings. The minimum absolute atomic E-state index is 0.611. The summed E-state index contributed by atoms with van der Waals surface area (Å²) >= 11 is 0. The molecule has 2 atom stereocenters. The Labute approximate surface area is 71.7 Å². The van der Waals surface area contributed by atoms with E-state index < -0.39 is 36.7 Å². The van der Waals surface area contributed by atoms with E-state index in [1.165, 1.54) is 0 Å². The predicted octanol–water partition coefficient (Wildman–Crippen LogP) is -0.566. The summed E-state index contributed by atoms with van der Waals surface area (Å²) in [5, 5.41) is 10.1. The van der Waals surface area contributed by atoms with Crippen molar-refractivity contribution in [3.63, 3.8) is 0 Å². The maximum Gasteiger partial charge on any atom is 0.415 e. The van der Waals surface area contributed by atoms with Crippen LogP contribution >= 0.6 is 0 Å². The quantitative estimate of drug-likeness (QED) is 0.460. The van der Waals surface area contributed by atoms with Crippen LogP contribution in [0.4, 0.5) is 9.18 Å². The van der Waals surface area contributed by atoms with E-state index in [1.807, 2.05) is 5.32 Å². The zero-order valence-electron chi connectivity index (χ0n) is 6.32.